The van der Waals surface area contributed by atoms with Crippen LogP contribution in [0.2, 0.25) is 0 Å². The van der Waals surface area contributed by atoms with Gasteiger partial charge >= 0.3 is 0 Å². The Morgan fingerprint density at radius 1 is 1.05 bits per heavy atom. The van der Waals surface area contributed by atoms with Gasteiger partial charge in [0.15, 0.2) is 0 Å². The molecule has 0 amide bonds. The first-order valence-corrected chi connectivity index (χ1v) is 6.41. The molecule has 2 rings (SSSR count). The number of hydrogen-bond acceptors (Lipinski definition) is 4. The Morgan fingerprint density at radius 3 is 2.58 bits per heavy atom. The summed E-state index contributed by atoms with van der Waals surface area (Å²) in [6.07, 6.45) is 0.720. The first-order valence-electron chi connectivity index (χ1n) is 6.41. The van der Waals surface area contributed by atoms with Gasteiger partial charge in [-0.3, -0.25) is 9.97 Å². The summed E-state index contributed by atoms with van der Waals surface area (Å²) < 4.78 is 5.81. The van der Waals surface area contributed by atoms with E-state index in [0.29, 0.717) is 13.2 Å². The maximum Gasteiger partial charge on any atom is 0.141 e. The Bertz CT molecular complexity index is 555. The molecule has 0 aliphatic rings. The zero-order valence-electron chi connectivity index (χ0n) is 11.4. The van der Waals surface area contributed by atoms with E-state index in [1.807, 2.05) is 44.2 Å². The first kappa shape index (κ1) is 13.5. The molecule has 0 bridgehead atoms. The smallest absolute Gasteiger partial charge is 0.141 e. The van der Waals surface area contributed by atoms with Crippen molar-refractivity contribution in [1.29, 1.82) is 0 Å². The second kappa shape index (κ2) is 6.29. The van der Waals surface area contributed by atoms with E-state index in [4.69, 9.17) is 10.5 Å². The molecule has 2 aromatic rings. The molecule has 0 fully saturated rings. The molecular formula is C15H19N3O. The van der Waals surface area contributed by atoms with E-state index in [0.717, 1.165) is 34.9 Å². The fourth-order valence-electron chi connectivity index (χ4n) is 1.88. The van der Waals surface area contributed by atoms with Gasteiger partial charge in [-0.15, -0.1) is 0 Å². The SMILES string of the molecule is Cc1cccc(COc2ccc(C)nc2CCN)n1. The number of aromatic nitrogens is 2. The third-order valence-corrected chi connectivity index (χ3v) is 2.77. The third-order valence-electron chi connectivity index (χ3n) is 2.77. The quantitative estimate of drug-likeness (QED) is 0.891. The van der Waals surface area contributed by atoms with Crippen LogP contribution in [0.15, 0.2) is 30.3 Å². The average molecular weight is 257 g/mol. The number of ether oxygens (including phenoxy) is 1. The number of nitrogens with zero attached hydrogens (tertiary/aromatic N) is 2. The lowest BCUT2D eigenvalue weighted by Gasteiger charge is -2.11. The van der Waals surface area contributed by atoms with E-state index >= 15 is 0 Å². The molecule has 0 aliphatic carbocycles. The fourth-order valence-corrected chi connectivity index (χ4v) is 1.88. The first-order chi connectivity index (χ1) is 9.19. The van der Waals surface area contributed by atoms with E-state index in [2.05, 4.69) is 9.97 Å². The third kappa shape index (κ3) is 3.76. The van der Waals surface area contributed by atoms with E-state index in [1.165, 1.54) is 0 Å². The minimum atomic E-state index is 0.448. The lowest BCUT2D eigenvalue weighted by atomic mass is 10.2. The van der Waals surface area contributed by atoms with Crippen LogP contribution < -0.4 is 10.5 Å². The van der Waals surface area contributed by atoms with Crippen molar-refractivity contribution in [3.05, 3.63) is 53.1 Å². The van der Waals surface area contributed by atoms with Crippen LogP contribution in [-0.2, 0) is 13.0 Å². The molecule has 4 nitrogen and oxygen atoms in total. The van der Waals surface area contributed by atoms with Crippen molar-refractivity contribution >= 4 is 0 Å². The van der Waals surface area contributed by atoms with Crippen molar-refractivity contribution in [2.24, 2.45) is 5.73 Å². The highest BCUT2D eigenvalue weighted by molar-refractivity contribution is 5.29. The average Bonchev–Trinajstić information content (AvgIpc) is 2.38. The molecule has 0 atom stereocenters. The molecule has 100 valence electrons. The van der Waals surface area contributed by atoms with Gasteiger partial charge in [-0.05, 0) is 44.7 Å². The van der Waals surface area contributed by atoms with Crippen molar-refractivity contribution in [3.8, 4) is 5.75 Å². The minimum Gasteiger partial charge on any atom is -0.485 e. The molecule has 19 heavy (non-hydrogen) atoms. The van der Waals surface area contributed by atoms with Gasteiger partial charge in [0.2, 0.25) is 0 Å². The van der Waals surface area contributed by atoms with Crippen LogP contribution in [0.1, 0.15) is 22.8 Å². The summed E-state index contributed by atoms with van der Waals surface area (Å²) in [5, 5.41) is 0. The van der Waals surface area contributed by atoms with Crippen molar-refractivity contribution in [3.63, 3.8) is 0 Å². The molecule has 0 spiro atoms. The van der Waals surface area contributed by atoms with E-state index in [9.17, 15) is 0 Å². The van der Waals surface area contributed by atoms with Crippen LogP contribution in [0, 0.1) is 13.8 Å². The van der Waals surface area contributed by atoms with Crippen LogP contribution >= 0.6 is 0 Å². The lowest BCUT2D eigenvalue weighted by molar-refractivity contribution is 0.296. The predicted octanol–water partition coefficient (Wildman–Crippen LogP) is 2.17. The Morgan fingerprint density at radius 2 is 1.84 bits per heavy atom. The molecule has 0 saturated heterocycles. The highest BCUT2D eigenvalue weighted by Gasteiger charge is 2.06. The van der Waals surface area contributed by atoms with Gasteiger partial charge in [0.25, 0.3) is 0 Å². The second-order valence-electron chi connectivity index (χ2n) is 4.50. The molecule has 0 radical (unpaired) electrons. The minimum absolute atomic E-state index is 0.448. The van der Waals surface area contributed by atoms with Gasteiger partial charge in [-0.1, -0.05) is 6.07 Å². The van der Waals surface area contributed by atoms with Gasteiger partial charge in [-0.25, -0.2) is 0 Å². The van der Waals surface area contributed by atoms with Crippen molar-refractivity contribution in [2.45, 2.75) is 26.9 Å². The summed E-state index contributed by atoms with van der Waals surface area (Å²) in [5.74, 6) is 0.791. The molecule has 2 N–H and O–H groups in total. The van der Waals surface area contributed by atoms with E-state index < -0.39 is 0 Å². The number of hydrogen-bond donors (Lipinski definition) is 1. The number of nitrogens with two attached hydrogens (primary N) is 1. The molecule has 2 heterocycles. The maximum absolute atomic E-state index is 5.81. The van der Waals surface area contributed by atoms with Gasteiger partial charge in [0, 0.05) is 17.8 Å². The van der Waals surface area contributed by atoms with E-state index in [1.54, 1.807) is 0 Å². The van der Waals surface area contributed by atoms with Gasteiger partial charge in [-0.2, -0.15) is 0 Å². The summed E-state index contributed by atoms with van der Waals surface area (Å²) in [4.78, 5) is 8.88. The molecule has 0 aromatic carbocycles. The molecule has 4 heteroatoms. The van der Waals surface area contributed by atoms with Crippen molar-refractivity contribution in [2.75, 3.05) is 6.54 Å². The topological polar surface area (TPSA) is 61.0 Å². The molecule has 0 saturated carbocycles. The number of rotatable bonds is 5. The van der Waals surface area contributed by atoms with Gasteiger partial charge in [0.1, 0.15) is 12.4 Å². The molecular weight excluding hydrogens is 238 g/mol. The molecule has 2 aromatic heterocycles. The van der Waals surface area contributed by atoms with Crippen LogP contribution in [0.5, 0.6) is 5.75 Å². The Balaban J connectivity index is 2.10. The lowest BCUT2D eigenvalue weighted by Crippen LogP contribution is -2.08. The summed E-state index contributed by atoms with van der Waals surface area (Å²) in [7, 11) is 0. The normalized spacial score (nSPS) is 10.5. The van der Waals surface area contributed by atoms with Gasteiger partial charge < -0.3 is 10.5 Å². The zero-order chi connectivity index (χ0) is 13.7. The summed E-state index contributed by atoms with van der Waals surface area (Å²) in [5.41, 5.74) is 9.39. The Kier molecular flexibility index (Phi) is 4.47. The van der Waals surface area contributed by atoms with Gasteiger partial charge in [0.05, 0.1) is 11.4 Å². The largest absolute Gasteiger partial charge is 0.485 e. The Hall–Kier alpha value is -1.94. The van der Waals surface area contributed by atoms with Crippen LogP contribution in [0.4, 0.5) is 0 Å². The fraction of sp³-hybridized carbons (Fsp3) is 0.333. The molecule has 0 aliphatic heterocycles. The summed E-state index contributed by atoms with van der Waals surface area (Å²) in [6.45, 7) is 4.95. The monoisotopic (exact) mass is 257 g/mol. The molecule has 0 unspecified atom stereocenters. The number of aryl methyl sites for hydroxylation is 2. The van der Waals surface area contributed by atoms with E-state index in [-0.39, 0.29) is 0 Å². The Labute approximate surface area is 113 Å². The van der Waals surface area contributed by atoms with Crippen LogP contribution in [0.3, 0.4) is 0 Å². The highest BCUT2D eigenvalue weighted by atomic mass is 16.5. The standard InChI is InChI=1S/C15H19N3O/c1-11-4-3-5-13(17-11)10-19-15-7-6-12(2)18-14(15)8-9-16/h3-7H,8-10,16H2,1-2H3. The number of pyridine rings is 2. The summed E-state index contributed by atoms with van der Waals surface area (Å²) >= 11 is 0. The second-order valence-corrected chi connectivity index (χ2v) is 4.50. The summed E-state index contributed by atoms with van der Waals surface area (Å²) in [6, 6.07) is 9.80. The van der Waals surface area contributed by atoms with Crippen LogP contribution in [-0.4, -0.2) is 16.5 Å². The van der Waals surface area contributed by atoms with Crippen molar-refractivity contribution < 1.29 is 4.74 Å². The van der Waals surface area contributed by atoms with Crippen LogP contribution in [0.25, 0.3) is 0 Å². The van der Waals surface area contributed by atoms with Crippen molar-refractivity contribution in [1.82, 2.24) is 9.97 Å². The highest BCUT2D eigenvalue weighted by Crippen LogP contribution is 2.18. The predicted molar refractivity (Wildman–Crippen MR) is 75.0 cm³/mol. The maximum atomic E-state index is 5.81. The zero-order valence-corrected chi connectivity index (χ0v) is 11.4.